The Labute approximate surface area is 163 Å². The summed E-state index contributed by atoms with van der Waals surface area (Å²) in [4.78, 5) is 14.7. The topological polar surface area (TPSA) is 74.2 Å². The highest BCUT2D eigenvalue weighted by Crippen LogP contribution is 2.31. The van der Waals surface area contributed by atoms with Gasteiger partial charge in [-0.2, -0.15) is 5.10 Å². The number of nitrogens with zero attached hydrogens (tertiary/aromatic N) is 2. The van der Waals surface area contributed by atoms with Crippen LogP contribution in [0.3, 0.4) is 0 Å². The number of para-hydroxylation sites is 1. The summed E-state index contributed by atoms with van der Waals surface area (Å²) in [5.74, 6) is 0.622. The lowest BCUT2D eigenvalue weighted by Crippen LogP contribution is -2.25. The minimum atomic E-state index is -0.0662. The Morgan fingerprint density at radius 2 is 2.00 bits per heavy atom. The van der Waals surface area contributed by atoms with Crippen LogP contribution in [0.5, 0.6) is 0 Å². The molecular formula is C22H24N4O2. The predicted molar refractivity (Wildman–Crippen MR) is 111 cm³/mol. The maximum atomic E-state index is 12.5. The summed E-state index contributed by atoms with van der Waals surface area (Å²) in [6, 6.07) is 15.4. The zero-order valence-electron chi connectivity index (χ0n) is 16.2. The van der Waals surface area contributed by atoms with Gasteiger partial charge in [0.05, 0.1) is 5.52 Å². The average Bonchev–Trinajstić information content (AvgIpc) is 3.30. The highest BCUT2D eigenvalue weighted by atomic mass is 16.3. The molecule has 0 aliphatic carbocycles. The molecule has 0 aliphatic heterocycles. The molecule has 0 unspecified atom stereocenters. The van der Waals surface area contributed by atoms with E-state index in [-0.39, 0.29) is 5.91 Å². The number of carbonyl (C=O) groups is 1. The molecule has 4 rings (SSSR count). The molecule has 2 N–H and O–H groups in total. The van der Waals surface area contributed by atoms with Gasteiger partial charge in [0.25, 0.3) is 5.91 Å². The molecule has 0 radical (unpaired) electrons. The number of amides is 1. The first kappa shape index (κ1) is 18.3. The molecule has 0 spiro atoms. The van der Waals surface area contributed by atoms with Crippen molar-refractivity contribution in [1.29, 1.82) is 0 Å². The molecule has 28 heavy (non-hydrogen) atoms. The second kappa shape index (κ2) is 7.86. The quantitative estimate of drug-likeness (QED) is 0.477. The number of furan rings is 1. The summed E-state index contributed by atoms with van der Waals surface area (Å²) in [7, 11) is 4.11. The number of hydrogen-bond acceptors (Lipinski definition) is 4. The van der Waals surface area contributed by atoms with Crippen molar-refractivity contribution in [3.05, 3.63) is 54.1 Å². The third kappa shape index (κ3) is 3.77. The van der Waals surface area contributed by atoms with Crippen molar-refractivity contribution in [2.75, 3.05) is 27.2 Å². The van der Waals surface area contributed by atoms with Crippen molar-refractivity contribution in [2.45, 2.75) is 12.8 Å². The van der Waals surface area contributed by atoms with Crippen molar-refractivity contribution >= 4 is 27.8 Å². The van der Waals surface area contributed by atoms with E-state index in [1.54, 1.807) is 0 Å². The standard InChI is InChI=1S/C22H24N4O2/c1-26(2)12-6-5-11-23-22(27)16-9-10-18-17(13-16)21(25-24-18)20-14-15-7-3-4-8-19(15)28-20/h3-4,7-10,13-14H,5-6,11-12H2,1-2H3,(H,23,27)(H,24,25). The van der Waals surface area contributed by atoms with Crippen molar-refractivity contribution in [3.8, 4) is 11.5 Å². The van der Waals surface area contributed by atoms with Crippen LogP contribution in [0.15, 0.2) is 52.9 Å². The molecule has 2 aromatic carbocycles. The van der Waals surface area contributed by atoms with Gasteiger partial charge in [-0.3, -0.25) is 9.89 Å². The van der Waals surface area contributed by atoms with Crippen LogP contribution in [0.25, 0.3) is 33.3 Å². The van der Waals surface area contributed by atoms with Gasteiger partial charge >= 0.3 is 0 Å². The number of nitrogens with one attached hydrogen (secondary N) is 2. The fourth-order valence-corrected chi connectivity index (χ4v) is 3.30. The van der Waals surface area contributed by atoms with E-state index < -0.39 is 0 Å². The van der Waals surface area contributed by atoms with Crippen molar-refractivity contribution in [1.82, 2.24) is 20.4 Å². The van der Waals surface area contributed by atoms with Crippen LogP contribution < -0.4 is 5.32 Å². The van der Waals surface area contributed by atoms with E-state index in [0.717, 1.165) is 41.3 Å². The van der Waals surface area contributed by atoms with Crippen LogP contribution in [0, 0.1) is 0 Å². The zero-order valence-corrected chi connectivity index (χ0v) is 16.2. The van der Waals surface area contributed by atoms with E-state index in [1.165, 1.54) is 0 Å². The van der Waals surface area contributed by atoms with E-state index in [2.05, 4.69) is 34.5 Å². The third-order valence-corrected chi connectivity index (χ3v) is 4.80. The monoisotopic (exact) mass is 376 g/mol. The second-order valence-electron chi connectivity index (χ2n) is 7.25. The van der Waals surface area contributed by atoms with Gasteiger partial charge in [0.2, 0.25) is 0 Å². The Morgan fingerprint density at radius 3 is 2.82 bits per heavy atom. The molecule has 2 aromatic heterocycles. The van der Waals surface area contributed by atoms with Gasteiger partial charge in [-0.15, -0.1) is 0 Å². The maximum Gasteiger partial charge on any atom is 0.251 e. The SMILES string of the molecule is CN(C)CCCCNC(=O)c1ccc2[nH]nc(-c3cc4ccccc4o3)c2c1. The number of carbonyl (C=O) groups excluding carboxylic acids is 1. The summed E-state index contributed by atoms with van der Waals surface area (Å²) in [6.07, 6.45) is 2.02. The number of benzene rings is 2. The van der Waals surface area contributed by atoms with Gasteiger partial charge in [0.1, 0.15) is 11.3 Å². The number of aromatic amines is 1. The Bertz CT molecular complexity index is 1080. The predicted octanol–water partition coefficient (Wildman–Crippen LogP) is 4.05. The summed E-state index contributed by atoms with van der Waals surface area (Å²) in [5, 5.41) is 12.3. The van der Waals surface area contributed by atoms with Gasteiger partial charge in [0.15, 0.2) is 5.76 Å². The molecule has 0 aliphatic rings. The van der Waals surface area contributed by atoms with Crippen LogP contribution in [0.2, 0.25) is 0 Å². The van der Waals surface area contributed by atoms with Crippen molar-refractivity contribution in [2.24, 2.45) is 0 Å². The molecule has 0 fully saturated rings. The van der Waals surface area contributed by atoms with E-state index in [1.807, 2.05) is 48.5 Å². The number of hydrogen-bond donors (Lipinski definition) is 2. The van der Waals surface area contributed by atoms with Crippen LogP contribution in [0.4, 0.5) is 0 Å². The first-order valence-corrected chi connectivity index (χ1v) is 9.52. The summed E-state index contributed by atoms with van der Waals surface area (Å²) in [5.41, 5.74) is 3.03. The molecule has 0 saturated heterocycles. The first-order chi connectivity index (χ1) is 13.6. The van der Waals surface area contributed by atoms with Crippen LogP contribution >= 0.6 is 0 Å². The van der Waals surface area contributed by atoms with Gasteiger partial charge in [-0.05, 0) is 63.8 Å². The molecule has 0 bridgehead atoms. The highest BCUT2D eigenvalue weighted by molar-refractivity contribution is 6.01. The minimum Gasteiger partial charge on any atom is -0.454 e. The molecule has 144 valence electrons. The summed E-state index contributed by atoms with van der Waals surface area (Å²) >= 11 is 0. The minimum absolute atomic E-state index is 0.0662. The molecule has 2 heterocycles. The second-order valence-corrected chi connectivity index (χ2v) is 7.25. The molecule has 6 heteroatoms. The Hall–Kier alpha value is -3.12. The van der Waals surface area contributed by atoms with Gasteiger partial charge in [-0.25, -0.2) is 0 Å². The largest absolute Gasteiger partial charge is 0.454 e. The molecule has 1 amide bonds. The van der Waals surface area contributed by atoms with E-state index in [9.17, 15) is 4.79 Å². The van der Waals surface area contributed by atoms with Crippen molar-refractivity contribution < 1.29 is 9.21 Å². The van der Waals surface area contributed by atoms with Gasteiger partial charge in [0, 0.05) is 22.9 Å². The first-order valence-electron chi connectivity index (χ1n) is 9.52. The third-order valence-electron chi connectivity index (χ3n) is 4.80. The Morgan fingerprint density at radius 1 is 1.14 bits per heavy atom. The van der Waals surface area contributed by atoms with Crippen LogP contribution in [-0.2, 0) is 0 Å². The van der Waals surface area contributed by atoms with Gasteiger partial charge < -0.3 is 14.6 Å². The number of H-pyrrole nitrogens is 1. The zero-order chi connectivity index (χ0) is 19.5. The van der Waals surface area contributed by atoms with E-state index in [4.69, 9.17) is 4.42 Å². The summed E-state index contributed by atoms with van der Waals surface area (Å²) in [6.45, 7) is 1.70. The van der Waals surface area contributed by atoms with E-state index in [0.29, 0.717) is 23.6 Å². The van der Waals surface area contributed by atoms with Crippen LogP contribution in [0.1, 0.15) is 23.2 Å². The molecule has 4 aromatic rings. The fraction of sp³-hybridized carbons (Fsp3) is 0.273. The average molecular weight is 376 g/mol. The van der Waals surface area contributed by atoms with Crippen molar-refractivity contribution in [3.63, 3.8) is 0 Å². The molecule has 0 atom stereocenters. The molecular weight excluding hydrogens is 352 g/mol. The Kier molecular flexibility index (Phi) is 5.12. The smallest absolute Gasteiger partial charge is 0.251 e. The van der Waals surface area contributed by atoms with Crippen LogP contribution in [-0.4, -0.2) is 48.2 Å². The normalized spacial score (nSPS) is 11.5. The van der Waals surface area contributed by atoms with E-state index >= 15 is 0 Å². The highest BCUT2D eigenvalue weighted by Gasteiger charge is 2.15. The number of fused-ring (bicyclic) bond motifs is 2. The number of aromatic nitrogens is 2. The molecule has 0 saturated carbocycles. The number of unbranched alkanes of at least 4 members (excludes halogenated alkanes) is 1. The lowest BCUT2D eigenvalue weighted by atomic mass is 10.1. The lowest BCUT2D eigenvalue weighted by molar-refractivity contribution is 0.0953. The maximum absolute atomic E-state index is 12.5. The molecule has 6 nitrogen and oxygen atoms in total. The summed E-state index contributed by atoms with van der Waals surface area (Å²) < 4.78 is 5.94. The fourth-order valence-electron chi connectivity index (χ4n) is 3.30. The number of rotatable bonds is 7. The Balaban J connectivity index is 1.53. The lowest BCUT2D eigenvalue weighted by Gasteiger charge is -2.09. The van der Waals surface area contributed by atoms with Gasteiger partial charge in [-0.1, -0.05) is 18.2 Å².